The van der Waals surface area contributed by atoms with Crippen molar-refractivity contribution in [3.8, 4) is 0 Å². The lowest BCUT2D eigenvalue weighted by molar-refractivity contribution is -0.383. The van der Waals surface area contributed by atoms with Crippen LogP contribution in [0, 0.1) is 10.1 Å². The average molecular weight is 232 g/mol. The summed E-state index contributed by atoms with van der Waals surface area (Å²) in [7, 11) is 0. The summed E-state index contributed by atoms with van der Waals surface area (Å²) in [6.45, 7) is 0. The van der Waals surface area contributed by atoms with Crippen LogP contribution in [0.3, 0.4) is 0 Å². The number of para-hydroxylation sites is 2. The van der Waals surface area contributed by atoms with E-state index >= 15 is 0 Å². The predicted octanol–water partition coefficient (Wildman–Crippen LogP) is 2.44. The van der Waals surface area contributed by atoms with Gasteiger partial charge < -0.3 is 9.73 Å². The largest absolute Gasteiger partial charge is 0.459 e. The van der Waals surface area contributed by atoms with Crippen molar-refractivity contribution in [2.45, 2.75) is 0 Å². The highest BCUT2D eigenvalue weighted by Gasteiger charge is 2.16. The molecular formula is C11H8N2O4. The van der Waals surface area contributed by atoms with Gasteiger partial charge in [-0.3, -0.25) is 14.9 Å². The van der Waals surface area contributed by atoms with Gasteiger partial charge in [-0.1, -0.05) is 12.1 Å². The Kier molecular flexibility index (Phi) is 2.87. The second kappa shape index (κ2) is 4.48. The maximum Gasteiger partial charge on any atom is 0.292 e. The van der Waals surface area contributed by atoms with Gasteiger partial charge in [0, 0.05) is 6.07 Å². The van der Waals surface area contributed by atoms with Crippen molar-refractivity contribution in [1.82, 2.24) is 0 Å². The first kappa shape index (κ1) is 10.9. The lowest BCUT2D eigenvalue weighted by Gasteiger charge is -2.03. The number of rotatable bonds is 3. The van der Waals surface area contributed by atoms with Gasteiger partial charge in [0.05, 0.1) is 11.2 Å². The molecule has 0 aliphatic heterocycles. The van der Waals surface area contributed by atoms with Gasteiger partial charge >= 0.3 is 0 Å². The molecule has 0 aliphatic carbocycles. The summed E-state index contributed by atoms with van der Waals surface area (Å²) in [6, 6.07) is 8.95. The zero-order chi connectivity index (χ0) is 12.3. The highest BCUT2D eigenvalue weighted by molar-refractivity contribution is 6.03. The zero-order valence-corrected chi connectivity index (χ0v) is 8.62. The van der Waals surface area contributed by atoms with Gasteiger partial charge in [-0.05, 0) is 18.2 Å². The standard InChI is InChI=1S/C11H8N2O4/c14-11(10-6-3-7-17-10)12-8-4-1-2-5-9(8)13(15)16/h1-7H,(H,12,14). The minimum absolute atomic E-state index is 0.100. The predicted molar refractivity (Wildman–Crippen MR) is 59.8 cm³/mol. The third-order valence-electron chi connectivity index (χ3n) is 2.09. The average Bonchev–Trinajstić information content (AvgIpc) is 2.83. The number of hydrogen-bond acceptors (Lipinski definition) is 4. The molecule has 0 atom stereocenters. The molecule has 0 bridgehead atoms. The van der Waals surface area contributed by atoms with Crippen molar-refractivity contribution in [3.63, 3.8) is 0 Å². The van der Waals surface area contributed by atoms with E-state index in [4.69, 9.17) is 4.42 Å². The van der Waals surface area contributed by atoms with Gasteiger partial charge in [0.25, 0.3) is 11.6 Å². The Balaban J connectivity index is 2.25. The molecule has 86 valence electrons. The molecule has 0 fully saturated rings. The fourth-order valence-electron chi connectivity index (χ4n) is 1.33. The van der Waals surface area contributed by atoms with Crippen LogP contribution >= 0.6 is 0 Å². The van der Waals surface area contributed by atoms with Crippen molar-refractivity contribution >= 4 is 17.3 Å². The minimum Gasteiger partial charge on any atom is -0.459 e. The van der Waals surface area contributed by atoms with Crippen LogP contribution in [-0.2, 0) is 0 Å². The molecule has 0 aliphatic rings. The van der Waals surface area contributed by atoms with Gasteiger partial charge in [0.2, 0.25) is 0 Å². The molecular weight excluding hydrogens is 224 g/mol. The second-order valence-corrected chi connectivity index (χ2v) is 3.21. The number of carbonyl (C=O) groups excluding carboxylic acids is 1. The summed E-state index contributed by atoms with van der Waals surface area (Å²) in [5, 5.41) is 13.1. The van der Waals surface area contributed by atoms with Crippen LogP contribution in [0.2, 0.25) is 0 Å². The maximum absolute atomic E-state index is 11.6. The molecule has 0 spiro atoms. The number of nitro groups is 1. The highest BCUT2D eigenvalue weighted by Crippen LogP contribution is 2.23. The molecule has 0 radical (unpaired) electrons. The molecule has 0 saturated heterocycles. The number of nitrogens with zero attached hydrogens (tertiary/aromatic N) is 1. The van der Waals surface area contributed by atoms with Gasteiger partial charge in [-0.15, -0.1) is 0 Å². The van der Waals surface area contributed by atoms with Crippen LogP contribution in [0.1, 0.15) is 10.6 Å². The van der Waals surface area contributed by atoms with E-state index in [-0.39, 0.29) is 17.1 Å². The third kappa shape index (κ3) is 2.31. The van der Waals surface area contributed by atoms with E-state index in [0.717, 1.165) is 0 Å². The van der Waals surface area contributed by atoms with Gasteiger partial charge in [0.15, 0.2) is 5.76 Å². The number of nitro benzene ring substituents is 1. The quantitative estimate of drug-likeness (QED) is 0.650. The van der Waals surface area contributed by atoms with E-state index in [9.17, 15) is 14.9 Å². The highest BCUT2D eigenvalue weighted by atomic mass is 16.6. The smallest absolute Gasteiger partial charge is 0.292 e. The summed E-state index contributed by atoms with van der Waals surface area (Å²) in [5.41, 5.74) is -0.0219. The Morgan fingerprint density at radius 3 is 2.65 bits per heavy atom. The number of amides is 1. The number of nitrogens with one attached hydrogen (secondary N) is 1. The SMILES string of the molecule is O=C(Nc1ccccc1[N+](=O)[O-])c1ccco1. The molecule has 1 N–H and O–H groups in total. The fourth-order valence-corrected chi connectivity index (χ4v) is 1.33. The van der Waals surface area contributed by atoms with Gasteiger partial charge in [-0.2, -0.15) is 0 Å². The minimum atomic E-state index is -0.558. The molecule has 1 aromatic carbocycles. The lowest BCUT2D eigenvalue weighted by Crippen LogP contribution is -2.12. The van der Waals surface area contributed by atoms with E-state index < -0.39 is 10.8 Å². The molecule has 0 unspecified atom stereocenters. The normalized spacial score (nSPS) is 9.88. The second-order valence-electron chi connectivity index (χ2n) is 3.21. The first-order valence-electron chi connectivity index (χ1n) is 4.77. The van der Waals surface area contributed by atoms with Crippen molar-refractivity contribution in [2.24, 2.45) is 0 Å². The number of benzene rings is 1. The summed E-state index contributed by atoms with van der Waals surface area (Å²) < 4.78 is 4.89. The van der Waals surface area contributed by atoms with E-state index in [1.54, 1.807) is 12.1 Å². The van der Waals surface area contributed by atoms with Crippen molar-refractivity contribution in [3.05, 3.63) is 58.5 Å². The molecule has 2 aromatic rings. The third-order valence-corrected chi connectivity index (χ3v) is 2.09. The molecule has 0 saturated carbocycles. The molecule has 6 heteroatoms. The van der Waals surface area contributed by atoms with E-state index in [0.29, 0.717) is 0 Å². The van der Waals surface area contributed by atoms with E-state index in [1.807, 2.05) is 0 Å². The van der Waals surface area contributed by atoms with E-state index in [2.05, 4.69) is 5.32 Å². The summed E-state index contributed by atoms with van der Waals surface area (Å²) in [5.74, 6) is -0.424. The summed E-state index contributed by atoms with van der Waals surface area (Å²) in [4.78, 5) is 21.8. The molecule has 17 heavy (non-hydrogen) atoms. The van der Waals surface area contributed by atoms with Crippen LogP contribution in [0.4, 0.5) is 11.4 Å². The summed E-state index contributed by atoms with van der Waals surface area (Å²) >= 11 is 0. The first-order chi connectivity index (χ1) is 8.18. The monoisotopic (exact) mass is 232 g/mol. The van der Waals surface area contributed by atoms with Crippen LogP contribution < -0.4 is 5.32 Å². The Morgan fingerprint density at radius 1 is 1.24 bits per heavy atom. The Hall–Kier alpha value is -2.63. The molecule has 1 amide bonds. The molecule has 1 aromatic heterocycles. The maximum atomic E-state index is 11.6. The number of hydrogen-bond donors (Lipinski definition) is 1. The van der Waals surface area contributed by atoms with Crippen LogP contribution in [0.15, 0.2) is 47.1 Å². The molecule has 2 rings (SSSR count). The Morgan fingerprint density at radius 2 is 2.00 bits per heavy atom. The van der Waals surface area contributed by atoms with Crippen LogP contribution in [-0.4, -0.2) is 10.8 Å². The van der Waals surface area contributed by atoms with Crippen molar-refractivity contribution < 1.29 is 14.1 Å². The first-order valence-corrected chi connectivity index (χ1v) is 4.77. The van der Waals surface area contributed by atoms with Crippen LogP contribution in [0.5, 0.6) is 0 Å². The molecule has 6 nitrogen and oxygen atoms in total. The van der Waals surface area contributed by atoms with E-state index in [1.165, 1.54) is 30.5 Å². The zero-order valence-electron chi connectivity index (χ0n) is 8.62. The Bertz CT molecular complexity index is 548. The number of carbonyl (C=O) groups is 1. The lowest BCUT2D eigenvalue weighted by atomic mass is 10.2. The van der Waals surface area contributed by atoms with Gasteiger partial charge in [0.1, 0.15) is 5.69 Å². The van der Waals surface area contributed by atoms with Crippen molar-refractivity contribution in [1.29, 1.82) is 0 Å². The molecule has 1 heterocycles. The number of furan rings is 1. The number of anilines is 1. The van der Waals surface area contributed by atoms with Crippen LogP contribution in [0.25, 0.3) is 0 Å². The topological polar surface area (TPSA) is 85.4 Å². The van der Waals surface area contributed by atoms with Gasteiger partial charge in [-0.25, -0.2) is 0 Å². The fraction of sp³-hybridized carbons (Fsp3) is 0. The Labute approximate surface area is 96.0 Å². The summed E-state index contributed by atoms with van der Waals surface area (Å²) in [6.07, 6.45) is 1.36. The van der Waals surface area contributed by atoms with Crippen molar-refractivity contribution in [2.75, 3.05) is 5.32 Å².